The maximum absolute atomic E-state index is 6.41. The Balaban J connectivity index is 3.36. The van der Waals surface area contributed by atoms with Crippen molar-refractivity contribution < 1.29 is 4.43 Å². The fraction of sp³-hybridized carbons (Fsp3) is 1.00. The molecule has 170 valence electrons. The minimum atomic E-state index is -1.60. The van der Waals surface area contributed by atoms with Gasteiger partial charge in [0.15, 0.2) is 8.32 Å². The van der Waals surface area contributed by atoms with Crippen molar-refractivity contribution in [2.24, 2.45) is 5.92 Å². The molecule has 0 unspecified atom stereocenters. The summed E-state index contributed by atoms with van der Waals surface area (Å²) in [5.74, 6) is 0.694. The van der Waals surface area contributed by atoms with Crippen LogP contribution in [0, 0.1) is 5.92 Å². The lowest BCUT2D eigenvalue weighted by atomic mass is 9.99. The largest absolute Gasteiger partial charge is 0.417 e. The molecule has 0 N–H and O–H groups in total. The molecule has 0 amide bonds. The highest BCUT2D eigenvalue weighted by Crippen LogP contribution is 2.44. The van der Waals surface area contributed by atoms with Gasteiger partial charge in [-0.3, -0.25) is 0 Å². The summed E-state index contributed by atoms with van der Waals surface area (Å²) in [7, 11) is -1.60. The van der Waals surface area contributed by atoms with Gasteiger partial charge in [-0.25, -0.2) is 0 Å². The lowest BCUT2D eigenvalue weighted by Crippen LogP contribution is -2.45. The van der Waals surface area contributed by atoms with Crippen LogP contribution < -0.4 is 0 Å². The minimum Gasteiger partial charge on any atom is -0.417 e. The molecule has 0 fully saturated rings. The van der Waals surface area contributed by atoms with Gasteiger partial charge in [-0.2, -0.15) is 0 Å². The van der Waals surface area contributed by atoms with Crippen molar-refractivity contribution in [3.8, 4) is 0 Å². The molecule has 0 aliphatic heterocycles. The Bertz CT molecular complexity index is 335. The summed E-state index contributed by atoms with van der Waals surface area (Å²) in [5.41, 5.74) is 0. The van der Waals surface area contributed by atoms with E-state index in [-0.39, 0.29) is 0 Å². The standard InChI is InChI=1S/C26H56OSi/c1-8-9-10-11-12-13-14-15-16-17-18-19-20-21-22-23-24-27-28(6,7)26(4,5)25(2)3/h25H,8-24H2,1-7H3. The molecule has 0 saturated heterocycles. The Hall–Kier alpha value is 0.177. The zero-order valence-electron chi connectivity index (χ0n) is 21.0. The highest BCUT2D eigenvalue weighted by atomic mass is 28.4. The SMILES string of the molecule is CCCCCCCCCCCCCCCCCCO[Si](C)(C)C(C)(C)C(C)C. The molecule has 0 radical (unpaired) electrons. The van der Waals surface area contributed by atoms with Gasteiger partial charge in [0.1, 0.15) is 0 Å². The third-order valence-electron chi connectivity index (χ3n) is 7.46. The Morgan fingerprint density at radius 1 is 0.607 bits per heavy atom. The quantitative estimate of drug-likeness (QED) is 0.143. The van der Waals surface area contributed by atoms with Crippen LogP contribution in [0.25, 0.3) is 0 Å². The van der Waals surface area contributed by atoms with Crippen LogP contribution >= 0.6 is 0 Å². The van der Waals surface area contributed by atoms with Gasteiger partial charge in [0, 0.05) is 6.61 Å². The molecule has 0 aromatic rings. The first-order valence-corrected chi connectivity index (χ1v) is 15.8. The van der Waals surface area contributed by atoms with Gasteiger partial charge < -0.3 is 4.43 Å². The first kappa shape index (κ1) is 28.2. The third-order valence-corrected chi connectivity index (χ3v) is 12.1. The van der Waals surface area contributed by atoms with Crippen molar-refractivity contribution >= 4 is 8.32 Å². The van der Waals surface area contributed by atoms with Crippen LogP contribution in [-0.2, 0) is 4.43 Å². The number of hydrogen-bond donors (Lipinski definition) is 0. The number of hydrogen-bond acceptors (Lipinski definition) is 1. The van der Waals surface area contributed by atoms with Crippen molar-refractivity contribution in [2.45, 2.75) is 155 Å². The Morgan fingerprint density at radius 2 is 0.929 bits per heavy atom. The van der Waals surface area contributed by atoms with Crippen LogP contribution in [0.1, 0.15) is 137 Å². The van der Waals surface area contributed by atoms with Gasteiger partial charge in [-0.15, -0.1) is 0 Å². The molecule has 1 nitrogen and oxygen atoms in total. The van der Waals surface area contributed by atoms with Crippen molar-refractivity contribution in [1.82, 2.24) is 0 Å². The van der Waals surface area contributed by atoms with Crippen LogP contribution in [0.3, 0.4) is 0 Å². The molecule has 0 heterocycles. The van der Waals surface area contributed by atoms with E-state index in [2.05, 4.69) is 47.7 Å². The van der Waals surface area contributed by atoms with E-state index in [9.17, 15) is 0 Å². The van der Waals surface area contributed by atoms with E-state index in [1.165, 1.54) is 103 Å². The predicted molar refractivity (Wildman–Crippen MR) is 132 cm³/mol. The third kappa shape index (κ3) is 13.4. The van der Waals surface area contributed by atoms with Crippen molar-refractivity contribution in [3.05, 3.63) is 0 Å². The van der Waals surface area contributed by atoms with Gasteiger partial charge >= 0.3 is 0 Å². The molecule has 0 aliphatic rings. The Labute approximate surface area is 180 Å². The Kier molecular flexibility index (Phi) is 17.0. The summed E-state index contributed by atoms with van der Waals surface area (Å²) in [5, 5.41) is 0.349. The first-order chi connectivity index (χ1) is 13.3. The van der Waals surface area contributed by atoms with Crippen molar-refractivity contribution in [1.29, 1.82) is 0 Å². The average molecular weight is 413 g/mol. The van der Waals surface area contributed by atoms with Gasteiger partial charge in [-0.05, 0) is 30.5 Å². The van der Waals surface area contributed by atoms with Gasteiger partial charge in [0.05, 0.1) is 0 Å². The van der Waals surface area contributed by atoms with E-state index in [1.54, 1.807) is 0 Å². The second kappa shape index (κ2) is 16.9. The summed E-state index contributed by atoms with van der Waals surface area (Å²) in [6.07, 6.45) is 22.9. The van der Waals surface area contributed by atoms with E-state index >= 15 is 0 Å². The normalized spacial score (nSPS) is 12.9. The molecule has 0 aliphatic carbocycles. The number of rotatable bonds is 20. The maximum Gasteiger partial charge on any atom is 0.192 e. The zero-order chi connectivity index (χ0) is 21.3. The maximum atomic E-state index is 6.41. The molecule has 0 bridgehead atoms. The highest BCUT2D eigenvalue weighted by molar-refractivity contribution is 6.74. The fourth-order valence-corrected chi connectivity index (χ4v) is 6.28. The monoisotopic (exact) mass is 412 g/mol. The smallest absolute Gasteiger partial charge is 0.192 e. The average Bonchev–Trinajstić information content (AvgIpc) is 2.63. The lowest BCUT2D eigenvalue weighted by molar-refractivity contribution is 0.258. The second-order valence-corrected chi connectivity index (χ2v) is 15.1. The molecular weight excluding hydrogens is 356 g/mol. The summed E-state index contributed by atoms with van der Waals surface area (Å²) in [6, 6.07) is 0. The number of unbranched alkanes of at least 4 members (excludes halogenated alkanes) is 15. The van der Waals surface area contributed by atoms with E-state index in [1.807, 2.05) is 0 Å². The van der Waals surface area contributed by atoms with Gasteiger partial charge in [0.25, 0.3) is 0 Å². The van der Waals surface area contributed by atoms with E-state index in [0.717, 1.165) is 6.61 Å². The zero-order valence-corrected chi connectivity index (χ0v) is 22.0. The molecular formula is C26H56OSi. The summed E-state index contributed by atoms with van der Waals surface area (Å²) >= 11 is 0. The molecule has 0 spiro atoms. The molecule has 0 aromatic heterocycles. The second-order valence-electron chi connectivity index (χ2n) is 10.5. The highest BCUT2D eigenvalue weighted by Gasteiger charge is 2.42. The predicted octanol–water partition coefficient (Wildman–Crippen LogP) is 9.91. The lowest BCUT2D eigenvalue weighted by Gasteiger charge is -2.42. The van der Waals surface area contributed by atoms with E-state index in [4.69, 9.17) is 4.43 Å². The molecule has 0 atom stereocenters. The van der Waals surface area contributed by atoms with E-state index in [0.29, 0.717) is 11.0 Å². The van der Waals surface area contributed by atoms with Crippen molar-refractivity contribution in [2.75, 3.05) is 6.61 Å². The van der Waals surface area contributed by atoms with Gasteiger partial charge in [0.2, 0.25) is 0 Å². The molecule has 0 rings (SSSR count). The van der Waals surface area contributed by atoms with Crippen LogP contribution in [0.15, 0.2) is 0 Å². The van der Waals surface area contributed by atoms with Crippen LogP contribution in [0.5, 0.6) is 0 Å². The summed E-state index contributed by atoms with van der Waals surface area (Å²) in [4.78, 5) is 0. The molecule has 2 heteroatoms. The molecule has 0 aromatic carbocycles. The summed E-state index contributed by atoms with van der Waals surface area (Å²) in [6.45, 7) is 17.6. The fourth-order valence-electron chi connectivity index (χ4n) is 3.86. The van der Waals surface area contributed by atoms with Crippen LogP contribution in [0.4, 0.5) is 0 Å². The summed E-state index contributed by atoms with van der Waals surface area (Å²) < 4.78 is 6.41. The minimum absolute atomic E-state index is 0.349. The van der Waals surface area contributed by atoms with Crippen molar-refractivity contribution in [3.63, 3.8) is 0 Å². The molecule has 0 saturated carbocycles. The Morgan fingerprint density at radius 3 is 1.25 bits per heavy atom. The van der Waals surface area contributed by atoms with E-state index < -0.39 is 8.32 Å². The first-order valence-electron chi connectivity index (χ1n) is 12.9. The molecule has 28 heavy (non-hydrogen) atoms. The van der Waals surface area contributed by atoms with Crippen LogP contribution in [-0.4, -0.2) is 14.9 Å². The van der Waals surface area contributed by atoms with Crippen LogP contribution in [0.2, 0.25) is 18.1 Å². The van der Waals surface area contributed by atoms with Gasteiger partial charge in [-0.1, -0.05) is 131 Å². The topological polar surface area (TPSA) is 9.23 Å².